The molecule has 0 atom stereocenters. The van der Waals surface area contributed by atoms with E-state index in [0.29, 0.717) is 25.6 Å². The zero-order valence-corrected chi connectivity index (χ0v) is 16.1. The van der Waals surface area contributed by atoms with Crippen molar-refractivity contribution in [1.82, 2.24) is 14.7 Å². The summed E-state index contributed by atoms with van der Waals surface area (Å²) in [4.78, 5) is 27.1. The molecule has 2 aliphatic rings. The van der Waals surface area contributed by atoms with Crippen LogP contribution in [0.4, 0.5) is 0 Å². The third kappa shape index (κ3) is 3.19. The van der Waals surface area contributed by atoms with Crippen LogP contribution in [0.3, 0.4) is 0 Å². The standard InChI is InChI=1S/C16H16BrN3O2S2/c17-12-4-14(24-9-12)16(22)19-5-10(6-19)7-20-15(21)3-11-8-23-2-1-13(11)18-20/h3-4,9-10H,1-2,5-8H2. The Morgan fingerprint density at radius 2 is 2.21 bits per heavy atom. The van der Waals surface area contributed by atoms with Gasteiger partial charge in [0.1, 0.15) is 0 Å². The number of amides is 1. The van der Waals surface area contributed by atoms with Gasteiger partial charge >= 0.3 is 0 Å². The number of carbonyl (C=O) groups excluding carboxylic acids is 1. The molecule has 0 bridgehead atoms. The summed E-state index contributed by atoms with van der Waals surface area (Å²) in [7, 11) is 0. The lowest BCUT2D eigenvalue weighted by atomic mass is 10.00. The number of nitrogens with zero attached hydrogens (tertiary/aromatic N) is 3. The average molecular weight is 426 g/mol. The van der Waals surface area contributed by atoms with Crippen LogP contribution >= 0.6 is 39.0 Å². The van der Waals surface area contributed by atoms with Crippen LogP contribution in [-0.2, 0) is 18.7 Å². The first-order chi connectivity index (χ1) is 11.6. The van der Waals surface area contributed by atoms with Gasteiger partial charge in [0.25, 0.3) is 11.5 Å². The Hall–Kier alpha value is -1.12. The minimum Gasteiger partial charge on any atom is -0.337 e. The van der Waals surface area contributed by atoms with Crippen molar-refractivity contribution < 1.29 is 4.79 Å². The van der Waals surface area contributed by atoms with Gasteiger partial charge in [-0.3, -0.25) is 9.59 Å². The number of halogens is 1. The van der Waals surface area contributed by atoms with Crippen LogP contribution in [0.5, 0.6) is 0 Å². The maximum absolute atomic E-state index is 12.3. The second kappa shape index (κ2) is 6.65. The third-order valence-corrected chi connectivity index (χ3v) is 7.05. The summed E-state index contributed by atoms with van der Waals surface area (Å²) in [6.45, 7) is 1.97. The normalized spacial score (nSPS) is 17.5. The Balaban J connectivity index is 1.40. The van der Waals surface area contributed by atoms with E-state index in [2.05, 4.69) is 21.0 Å². The number of aromatic nitrogens is 2. The van der Waals surface area contributed by atoms with Crippen molar-refractivity contribution in [1.29, 1.82) is 0 Å². The molecule has 1 fully saturated rings. The van der Waals surface area contributed by atoms with Gasteiger partial charge in [-0.25, -0.2) is 4.68 Å². The van der Waals surface area contributed by atoms with E-state index in [-0.39, 0.29) is 11.5 Å². The van der Waals surface area contributed by atoms with E-state index in [9.17, 15) is 9.59 Å². The van der Waals surface area contributed by atoms with Gasteiger partial charge in [0.15, 0.2) is 0 Å². The minimum atomic E-state index is -0.0248. The molecule has 2 aliphatic heterocycles. The van der Waals surface area contributed by atoms with Crippen molar-refractivity contribution in [3.63, 3.8) is 0 Å². The summed E-state index contributed by atoms with van der Waals surface area (Å²) in [5, 5.41) is 6.47. The number of aryl methyl sites for hydroxylation is 1. The molecular weight excluding hydrogens is 410 g/mol. The molecule has 0 unspecified atom stereocenters. The van der Waals surface area contributed by atoms with Gasteiger partial charge in [0.05, 0.1) is 17.1 Å². The molecule has 0 saturated carbocycles. The van der Waals surface area contributed by atoms with Crippen molar-refractivity contribution in [2.45, 2.75) is 18.7 Å². The first-order valence-corrected chi connectivity index (χ1v) is 10.6. The zero-order chi connectivity index (χ0) is 16.7. The molecule has 126 valence electrons. The van der Waals surface area contributed by atoms with Crippen molar-refractivity contribution >= 4 is 44.9 Å². The molecule has 5 nitrogen and oxygen atoms in total. The van der Waals surface area contributed by atoms with Gasteiger partial charge in [0, 0.05) is 47.1 Å². The number of fused-ring (bicyclic) bond motifs is 1. The topological polar surface area (TPSA) is 55.2 Å². The fourth-order valence-corrected chi connectivity index (χ4v) is 5.41. The first kappa shape index (κ1) is 16.4. The van der Waals surface area contributed by atoms with Crippen molar-refractivity contribution in [3.8, 4) is 0 Å². The van der Waals surface area contributed by atoms with Gasteiger partial charge in [-0.1, -0.05) is 0 Å². The molecule has 2 aromatic rings. The molecule has 24 heavy (non-hydrogen) atoms. The third-order valence-electron chi connectivity index (χ3n) is 4.36. The summed E-state index contributed by atoms with van der Waals surface area (Å²) < 4.78 is 2.53. The number of thioether (sulfide) groups is 1. The highest BCUT2D eigenvalue weighted by atomic mass is 79.9. The number of hydrogen-bond donors (Lipinski definition) is 0. The second-order valence-electron chi connectivity index (χ2n) is 6.14. The van der Waals surface area contributed by atoms with E-state index in [1.54, 1.807) is 10.7 Å². The maximum atomic E-state index is 12.3. The van der Waals surface area contributed by atoms with Crippen LogP contribution in [0.25, 0.3) is 0 Å². The molecular formula is C16H16BrN3O2S2. The lowest BCUT2D eigenvalue weighted by Gasteiger charge is -2.39. The van der Waals surface area contributed by atoms with E-state index >= 15 is 0 Å². The lowest BCUT2D eigenvalue weighted by Crippen LogP contribution is -2.52. The highest BCUT2D eigenvalue weighted by Crippen LogP contribution is 2.26. The number of thiophene rings is 1. The fraction of sp³-hybridized carbons (Fsp3) is 0.438. The van der Waals surface area contributed by atoms with Crippen molar-refractivity contribution in [2.24, 2.45) is 5.92 Å². The molecule has 0 aromatic carbocycles. The Labute approximate surface area is 156 Å². The molecule has 8 heteroatoms. The van der Waals surface area contributed by atoms with Gasteiger partial charge < -0.3 is 4.90 Å². The number of hydrogen-bond acceptors (Lipinski definition) is 5. The van der Waals surface area contributed by atoms with Crippen LogP contribution in [0.1, 0.15) is 20.9 Å². The van der Waals surface area contributed by atoms with Gasteiger partial charge in [0.2, 0.25) is 0 Å². The minimum absolute atomic E-state index is 0.0248. The highest BCUT2D eigenvalue weighted by molar-refractivity contribution is 9.10. The van der Waals surface area contributed by atoms with Gasteiger partial charge in [-0.05, 0) is 33.3 Å². The van der Waals surface area contributed by atoms with Crippen molar-refractivity contribution in [2.75, 3.05) is 18.8 Å². The fourth-order valence-electron chi connectivity index (χ4n) is 3.06. The number of rotatable bonds is 3. The van der Waals surface area contributed by atoms with E-state index in [0.717, 1.165) is 38.5 Å². The molecule has 4 heterocycles. The van der Waals surface area contributed by atoms with Crippen molar-refractivity contribution in [3.05, 3.63) is 48.5 Å². The predicted octanol–water partition coefficient (Wildman–Crippen LogP) is 2.63. The summed E-state index contributed by atoms with van der Waals surface area (Å²) in [5.41, 5.74) is 2.12. The second-order valence-corrected chi connectivity index (χ2v) is 9.08. The zero-order valence-electron chi connectivity index (χ0n) is 12.9. The quantitative estimate of drug-likeness (QED) is 0.758. The van der Waals surface area contributed by atoms with Crippen LogP contribution in [0, 0.1) is 5.92 Å². The molecule has 2 aromatic heterocycles. The maximum Gasteiger partial charge on any atom is 0.267 e. The largest absolute Gasteiger partial charge is 0.337 e. The van der Waals surface area contributed by atoms with E-state index in [1.807, 2.05) is 28.1 Å². The molecule has 0 radical (unpaired) electrons. The Morgan fingerprint density at radius 1 is 1.38 bits per heavy atom. The molecule has 0 aliphatic carbocycles. The smallest absolute Gasteiger partial charge is 0.267 e. The van der Waals surface area contributed by atoms with Crippen LogP contribution in [-0.4, -0.2) is 39.4 Å². The summed E-state index contributed by atoms with van der Waals surface area (Å²) >= 11 is 6.68. The summed E-state index contributed by atoms with van der Waals surface area (Å²) in [6.07, 6.45) is 0.933. The molecule has 1 saturated heterocycles. The van der Waals surface area contributed by atoms with Gasteiger partial charge in [-0.2, -0.15) is 16.9 Å². The molecule has 0 N–H and O–H groups in total. The summed E-state index contributed by atoms with van der Waals surface area (Å²) in [5.74, 6) is 2.34. The van der Waals surface area contributed by atoms with E-state index in [4.69, 9.17) is 0 Å². The van der Waals surface area contributed by atoms with Crippen LogP contribution < -0.4 is 5.56 Å². The average Bonchev–Trinajstić information content (AvgIpc) is 2.96. The molecule has 0 spiro atoms. The highest BCUT2D eigenvalue weighted by Gasteiger charge is 2.32. The van der Waals surface area contributed by atoms with E-state index < -0.39 is 0 Å². The summed E-state index contributed by atoms with van der Waals surface area (Å²) in [6, 6.07) is 3.59. The van der Waals surface area contributed by atoms with Crippen LogP contribution in [0.2, 0.25) is 0 Å². The van der Waals surface area contributed by atoms with Crippen LogP contribution in [0.15, 0.2) is 26.8 Å². The number of carbonyl (C=O) groups is 1. The lowest BCUT2D eigenvalue weighted by molar-refractivity contribution is 0.0463. The SMILES string of the molecule is O=C(c1cc(Br)cs1)N1CC(Cn2nc3c(cc2=O)CSCC3)C1. The Kier molecular flexibility index (Phi) is 4.53. The van der Waals surface area contributed by atoms with E-state index in [1.165, 1.54) is 11.3 Å². The number of likely N-dealkylation sites (tertiary alicyclic amines) is 1. The predicted molar refractivity (Wildman–Crippen MR) is 99.8 cm³/mol. The first-order valence-electron chi connectivity index (χ1n) is 7.81. The monoisotopic (exact) mass is 425 g/mol. The molecule has 1 amide bonds. The Bertz CT molecular complexity index is 842. The Morgan fingerprint density at radius 3 is 2.96 bits per heavy atom. The van der Waals surface area contributed by atoms with Gasteiger partial charge in [-0.15, -0.1) is 11.3 Å². The molecule has 4 rings (SSSR count).